The number of alkyl carbamates (subject to hydrolysis) is 2. The Morgan fingerprint density at radius 2 is 1.55 bits per heavy atom. The molecule has 5 N–H and O–H groups in total. The van der Waals surface area contributed by atoms with Gasteiger partial charge in [-0.15, -0.1) is 23.2 Å². The number of nitrogens with one attached hydrogen (secondary N) is 3. The smallest absolute Gasteiger partial charge is 0.407 e. The van der Waals surface area contributed by atoms with Crippen molar-refractivity contribution in [1.29, 1.82) is 0 Å². The van der Waals surface area contributed by atoms with Crippen LogP contribution in [-0.2, 0) is 19.1 Å². The maximum atomic E-state index is 13.3. The van der Waals surface area contributed by atoms with Crippen molar-refractivity contribution in [3.8, 4) is 11.5 Å². The van der Waals surface area contributed by atoms with Gasteiger partial charge in [0.05, 0.1) is 7.11 Å². The number of hydrogen-bond acceptors (Lipinski definition) is 8. The fourth-order valence-corrected chi connectivity index (χ4v) is 4.04. The number of alkyl halides is 2. The number of benzene rings is 1. The molecule has 0 fully saturated rings. The average Bonchev–Trinajstić information content (AvgIpc) is 2.91. The molecule has 4 atom stereocenters. The minimum atomic E-state index is -1.17. The van der Waals surface area contributed by atoms with Gasteiger partial charge in [0.1, 0.15) is 23.6 Å². The zero-order chi connectivity index (χ0) is 29.7. The van der Waals surface area contributed by atoms with Gasteiger partial charge in [-0.05, 0) is 42.7 Å². The van der Waals surface area contributed by atoms with Crippen LogP contribution in [0.3, 0.4) is 0 Å². The number of carbonyl (C=O) groups is 4. The quantitative estimate of drug-likeness (QED) is 0.235. The maximum Gasteiger partial charge on any atom is 0.407 e. The van der Waals surface area contributed by atoms with Gasteiger partial charge < -0.3 is 40.6 Å². The third kappa shape index (κ3) is 10.6. The SMILES string of the molecule is COc1ccc(OC2C=C(C(=O)NC(CC(C)C)C(N)=O)CC(OC(=O)NCCCl)C2OC(=O)NCCCl)cc1. The molecular formula is C26H36Cl2N4O8. The van der Waals surface area contributed by atoms with Gasteiger partial charge in [0, 0.05) is 36.8 Å². The molecule has 1 aliphatic carbocycles. The van der Waals surface area contributed by atoms with Crippen molar-refractivity contribution in [3.63, 3.8) is 0 Å². The second kappa shape index (κ2) is 16.7. The summed E-state index contributed by atoms with van der Waals surface area (Å²) >= 11 is 11.3. The largest absolute Gasteiger partial charge is 0.497 e. The Hall–Kier alpha value is -3.38. The van der Waals surface area contributed by atoms with Gasteiger partial charge in [0.25, 0.3) is 0 Å². The highest BCUT2D eigenvalue weighted by Crippen LogP contribution is 2.29. The fourth-order valence-electron chi connectivity index (χ4n) is 3.85. The second-order valence-corrected chi connectivity index (χ2v) is 10.0. The van der Waals surface area contributed by atoms with Crippen molar-refractivity contribution >= 4 is 47.2 Å². The van der Waals surface area contributed by atoms with Crippen LogP contribution in [0.15, 0.2) is 35.9 Å². The van der Waals surface area contributed by atoms with Crippen molar-refractivity contribution < 1.29 is 38.1 Å². The Bertz CT molecular complexity index is 1040. The van der Waals surface area contributed by atoms with Gasteiger partial charge in [0.2, 0.25) is 11.8 Å². The van der Waals surface area contributed by atoms with Gasteiger partial charge in [-0.1, -0.05) is 13.8 Å². The first-order chi connectivity index (χ1) is 19.1. The Morgan fingerprint density at radius 1 is 0.975 bits per heavy atom. The average molecular weight is 604 g/mol. The molecule has 222 valence electrons. The summed E-state index contributed by atoms with van der Waals surface area (Å²) in [7, 11) is 1.52. The molecule has 12 nitrogen and oxygen atoms in total. The van der Waals surface area contributed by atoms with Gasteiger partial charge in [-0.2, -0.15) is 0 Å². The van der Waals surface area contributed by atoms with E-state index in [2.05, 4.69) is 16.0 Å². The van der Waals surface area contributed by atoms with Crippen molar-refractivity contribution in [2.45, 2.75) is 51.0 Å². The minimum Gasteiger partial charge on any atom is -0.497 e. The highest BCUT2D eigenvalue weighted by atomic mass is 35.5. The summed E-state index contributed by atoms with van der Waals surface area (Å²) in [5.74, 6) is 0.0198. The Balaban J connectivity index is 2.44. The van der Waals surface area contributed by atoms with E-state index in [0.717, 1.165) is 0 Å². The van der Waals surface area contributed by atoms with Crippen LogP contribution in [0.2, 0.25) is 0 Å². The number of nitrogens with two attached hydrogens (primary N) is 1. The predicted octanol–water partition coefficient (Wildman–Crippen LogP) is 2.46. The van der Waals surface area contributed by atoms with Crippen LogP contribution in [0, 0.1) is 5.92 Å². The molecule has 0 saturated carbocycles. The molecule has 4 unspecified atom stereocenters. The number of hydrogen-bond donors (Lipinski definition) is 4. The van der Waals surface area contributed by atoms with E-state index in [1.807, 2.05) is 13.8 Å². The maximum absolute atomic E-state index is 13.3. The van der Waals surface area contributed by atoms with Crippen LogP contribution in [-0.4, -0.2) is 80.3 Å². The van der Waals surface area contributed by atoms with E-state index in [4.69, 9.17) is 47.9 Å². The summed E-state index contributed by atoms with van der Waals surface area (Å²) < 4.78 is 22.4. The molecule has 0 aliphatic heterocycles. The number of methoxy groups -OCH3 is 1. The molecule has 0 radical (unpaired) electrons. The third-order valence-electron chi connectivity index (χ3n) is 5.69. The molecule has 0 aromatic heterocycles. The van der Waals surface area contributed by atoms with Crippen LogP contribution >= 0.6 is 23.2 Å². The van der Waals surface area contributed by atoms with E-state index in [9.17, 15) is 19.2 Å². The lowest BCUT2D eigenvalue weighted by Gasteiger charge is -2.36. The normalized spacial score (nSPS) is 19.1. The van der Waals surface area contributed by atoms with Crippen molar-refractivity contribution in [2.75, 3.05) is 32.0 Å². The summed E-state index contributed by atoms with van der Waals surface area (Å²) in [6, 6.07) is 5.65. The van der Waals surface area contributed by atoms with Gasteiger partial charge in [-0.3, -0.25) is 9.59 Å². The molecular weight excluding hydrogens is 567 g/mol. The van der Waals surface area contributed by atoms with Crippen LogP contribution in [0.4, 0.5) is 9.59 Å². The van der Waals surface area contributed by atoms with Crippen molar-refractivity contribution in [3.05, 3.63) is 35.9 Å². The highest BCUT2D eigenvalue weighted by Gasteiger charge is 2.42. The lowest BCUT2D eigenvalue weighted by Crippen LogP contribution is -2.52. The van der Waals surface area contributed by atoms with Crippen molar-refractivity contribution in [1.82, 2.24) is 16.0 Å². The number of ether oxygens (including phenoxy) is 4. The predicted molar refractivity (Wildman–Crippen MR) is 149 cm³/mol. The monoisotopic (exact) mass is 602 g/mol. The standard InChI is InChI=1S/C26H36Cl2N4O8/c1-15(2)12-19(23(29)33)32-24(34)16-13-20(38-18-6-4-17(37-3)5-7-18)22(40-26(36)31-11-9-28)21(14-16)39-25(35)30-10-8-27/h4-7,13,15,19-22H,8-12,14H2,1-3H3,(H2,29,33)(H,30,35)(H,31,36)(H,32,34). The van der Waals surface area contributed by atoms with E-state index in [1.165, 1.54) is 13.2 Å². The molecule has 1 aromatic rings. The highest BCUT2D eigenvalue weighted by molar-refractivity contribution is 6.18. The Kier molecular flexibility index (Phi) is 13.7. The van der Waals surface area contributed by atoms with Gasteiger partial charge in [0.15, 0.2) is 12.2 Å². The summed E-state index contributed by atoms with van der Waals surface area (Å²) in [6.07, 6.45) is -3.41. The van der Waals surface area contributed by atoms with Crippen molar-refractivity contribution in [2.24, 2.45) is 11.7 Å². The van der Waals surface area contributed by atoms with E-state index in [1.54, 1.807) is 24.3 Å². The number of rotatable bonds is 14. The first-order valence-electron chi connectivity index (χ1n) is 12.7. The first-order valence-corrected chi connectivity index (χ1v) is 13.8. The van der Waals surface area contributed by atoms with E-state index < -0.39 is 48.4 Å². The molecule has 1 aliphatic rings. The molecule has 0 bridgehead atoms. The summed E-state index contributed by atoms with van der Waals surface area (Å²) in [4.78, 5) is 50.2. The molecule has 0 saturated heterocycles. The second-order valence-electron chi connectivity index (χ2n) is 9.26. The van der Waals surface area contributed by atoms with Gasteiger partial charge in [-0.25, -0.2) is 9.59 Å². The van der Waals surface area contributed by atoms with Crippen LogP contribution in [0.1, 0.15) is 26.7 Å². The summed E-state index contributed by atoms with van der Waals surface area (Å²) in [6.45, 7) is 4.04. The molecule has 1 aromatic carbocycles. The van der Waals surface area contributed by atoms with E-state index >= 15 is 0 Å². The number of halogens is 2. The summed E-state index contributed by atoms with van der Waals surface area (Å²) in [5, 5.41) is 7.61. The van der Waals surface area contributed by atoms with Crippen LogP contribution < -0.4 is 31.2 Å². The Labute approximate surface area is 243 Å². The molecule has 40 heavy (non-hydrogen) atoms. The van der Waals surface area contributed by atoms with Crippen LogP contribution in [0.25, 0.3) is 0 Å². The molecule has 4 amide bonds. The van der Waals surface area contributed by atoms with Crippen LogP contribution in [0.5, 0.6) is 11.5 Å². The van der Waals surface area contributed by atoms with Gasteiger partial charge >= 0.3 is 12.2 Å². The zero-order valence-corrected chi connectivity index (χ0v) is 24.1. The van der Waals surface area contributed by atoms with E-state index in [-0.39, 0.29) is 42.8 Å². The zero-order valence-electron chi connectivity index (χ0n) is 22.6. The minimum absolute atomic E-state index is 0.0790. The summed E-state index contributed by atoms with van der Waals surface area (Å²) in [5.41, 5.74) is 5.65. The first kappa shape index (κ1) is 32.8. The Morgan fingerprint density at radius 3 is 2.08 bits per heavy atom. The molecule has 0 heterocycles. The number of primary amides is 1. The molecule has 14 heteroatoms. The third-order valence-corrected chi connectivity index (χ3v) is 6.06. The topological polar surface area (TPSA) is 167 Å². The number of amides is 4. The number of carbonyl (C=O) groups excluding carboxylic acids is 4. The molecule has 0 spiro atoms. The van der Waals surface area contributed by atoms with E-state index in [0.29, 0.717) is 17.9 Å². The molecule has 2 rings (SSSR count). The lowest BCUT2D eigenvalue weighted by atomic mass is 9.90. The lowest BCUT2D eigenvalue weighted by molar-refractivity contribution is -0.126. The fraction of sp³-hybridized carbons (Fsp3) is 0.538.